The van der Waals surface area contributed by atoms with Crippen molar-refractivity contribution in [3.63, 3.8) is 0 Å². The molecule has 3 N–H and O–H groups in total. The second-order valence-corrected chi connectivity index (χ2v) is 4.24. The lowest BCUT2D eigenvalue weighted by Crippen LogP contribution is -2.33. The van der Waals surface area contributed by atoms with Gasteiger partial charge in [-0.05, 0) is 19.8 Å². The minimum Gasteiger partial charge on any atom is -0.361 e. The van der Waals surface area contributed by atoms with Crippen molar-refractivity contribution in [2.24, 2.45) is 10.8 Å². The number of hydrogen-bond acceptors (Lipinski definition) is 4. The predicted octanol–water partition coefficient (Wildman–Crippen LogP) is 1.53. The van der Waals surface area contributed by atoms with Gasteiger partial charge in [-0.15, -0.1) is 0 Å². The predicted molar refractivity (Wildman–Crippen MR) is 62.0 cm³/mol. The molecule has 1 saturated carbocycles. The Bertz CT molecular complexity index is 366. The highest BCUT2D eigenvalue weighted by Gasteiger charge is 2.15. The number of aromatic nitrogens is 1. The zero-order chi connectivity index (χ0) is 11.4. The number of hydrogen-bond donors (Lipinski definition) is 2. The molecule has 1 aromatic heterocycles. The van der Waals surface area contributed by atoms with E-state index in [0.29, 0.717) is 17.6 Å². The molecule has 0 saturated heterocycles. The molecule has 0 radical (unpaired) electrons. The zero-order valence-electron chi connectivity index (χ0n) is 9.57. The molecule has 1 heterocycles. The van der Waals surface area contributed by atoms with E-state index in [1.165, 1.54) is 19.3 Å². The van der Waals surface area contributed by atoms with Crippen molar-refractivity contribution >= 4 is 5.84 Å². The molecule has 2 rings (SSSR count). The Labute approximate surface area is 95.1 Å². The number of nitrogens with two attached hydrogens (primary N) is 1. The van der Waals surface area contributed by atoms with Crippen LogP contribution in [0.5, 0.6) is 0 Å². The van der Waals surface area contributed by atoms with Crippen molar-refractivity contribution in [3.05, 3.63) is 17.5 Å². The highest BCUT2D eigenvalue weighted by molar-refractivity contribution is 5.96. The van der Waals surface area contributed by atoms with Gasteiger partial charge in [0, 0.05) is 6.07 Å². The third kappa shape index (κ3) is 2.61. The zero-order valence-corrected chi connectivity index (χ0v) is 9.57. The average molecular weight is 222 g/mol. The van der Waals surface area contributed by atoms with Gasteiger partial charge < -0.3 is 9.95 Å². The highest BCUT2D eigenvalue weighted by Crippen LogP contribution is 2.20. The minimum atomic E-state index is 0.372. The molecular weight excluding hydrogens is 204 g/mol. The van der Waals surface area contributed by atoms with Crippen molar-refractivity contribution in [1.82, 2.24) is 10.6 Å². The lowest BCUT2D eigenvalue weighted by atomic mass is 9.96. The summed E-state index contributed by atoms with van der Waals surface area (Å²) in [6, 6.07) is 2.21. The Hall–Kier alpha value is -1.36. The molecule has 0 aromatic carbocycles. The van der Waals surface area contributed by atoms with Gasteiger partial charge in [0.05, 0.1) is 6.04 Å². The maximum atomic E-state index is 5.47. The van der Waals surface area contributed by atoms with Gasteiger partial charge in [-0.1, -0.05) is 24.4 Å². The van der Waals surface area contributed by atoms with Gasteiger partial charge in [0.25, 0.3) is 0 Å². The molecule has 0 spiro atoms. The van der Waals surface area contributed by atoms with E-state index in [9.17, 15) is 0 Å². The summed E-state index contributed by atoms with van der Waals surface area (Å²) in [4.78, 5) is 4.60. The smallest absolute Gasteiger partial charge is 0.165 e. The average Bonchev–Trinajstić information content (AvgIpc) is 2.74. The van der Waals surface area contributed by atoms with Crippen molar-refractivity contribution in [2.75, 3.05) is 0 Å². The number of nitrogens with zero attached hydrogens (tertiary/aromatic N) is 2. The van der Waals surface area contributed by atoms with Crippen LogP contribution in [0.3, 0.4) is 0 Å². The van der Waals surface area contributed by atoms with Crippen LogP contribution in [0, 0.1) is 6.92 Å². The lowest BCUT2D eigenvalue weighted by molar-refractivity contribution is 0.395. The van der Waals surface area contributed by atoms with Crippen molar-refractivity contribution in [3.8, 4) is 0 Å². The molecule has 0 amide bonds. The number of rotatable bonds is 2. The Balaban J connectivity index is 2.11. The summed E-state index contributed by atoms with van der Waals surface area (Å²) in [5, 5.41) is 3.90. The fourth-order valence-electron chi connectivity index (χ4n) is 2.05. The van der Waals surface area contributed by atoms with E-state index in [4.69, 9.17) is 10.4 Å². The Morgan fingerprint density at radius 3 is 2.81 bits per heavy atom. The Morgan fingerprint density at radius 2 is 2.25 bits per heavy atom. The number of aryl methyl sites for hydroxylation is 1. The van der Waals surface area contributed by atoms with Gasteiger partial charge in [-0.2, -0.15) is 0 Å². The first-order valence-corrected chi connectivity index (χ1v) is 5.77. The van der Waals surface area contributed by atoms with Crippen molar-refractivity contribution < 1.29 is 4.52 Å². The van der Waals surface area contributed by atoms with Crippen LogP contribution >= 0.6 is 0 Å². The van der Waals surface area contributed by atoms with Crippen molar-refractivity contribution in [1.29, 1.82) is 0 Å². The standard InChI is InChI=1S/C11H18N4O/c1-8-7-10(15-16-8)11(14-12)13-9-5-3-2-4-6-9/h7,9H,2-6,12H2,1H3,(H,13,14). The van der Waals surface area contributed by atoms with Gasteiger partial charge in [0.1, 0.15) is 11.5 Å². The summed E-state index contributed by atoms with van der Waals surface area (Å²) >= 11 is 0. The molecule has 1 aliphatic carbocycles. The summed E-state index contributed by atoms with van der Waals surface area (Å²) in [7, 11) is 0. The molecule has 0 aliphatic heterocycles. The molecule has 16 heavy (non-hydrogen) atoms. The van der Waals surface area contributed by atoms with Crippen LogP contribution in [-0.2, 0) is 0 Å². The minimum absolute atomic E-state index is 0.372. The number of nitrogens with one attached hydrogen (secondary N) is 1. The summed E-state index contributed by atoms with van der Waals surface area (Å²) in [5.74, 6) is 6.86. The van der Waals surface area contributed by atoms with Crippen LogP contribution in [0.15, 0.2) is 15.6 Å². The summed E-state index contributed by atoms with van der Waals surface area (Å²) < 4.78 is 5.01. The molecular formula is C11H18N4O. The fourth-order valence-corrected chi connectivity index (χ4v) is 2.05. The monoisotopic (exact) mass is 222 g/mol. The summed E-state index contributed by atoms with van der Waals surface area (Å²) in [6.07, 6.45) is 6.11. The first-order valence-electron chi connectivity index (χ1n) is 5.77. The van der Waals surface area contributed by atoms with E-state index in [1.807, 2.05) is 13.0 Å². The molecule has 1 aliphatic rings. The summed E-state index contributed by atoms with van der Waals surface area (Å²) in [6.45, 7) is 1.85. The summed E-state index contributed by atoms with van der Waals surface area (Å²) in [5.41, 5.74) is 3.29. The normalized spacial score (nSPS) is 18.8. The molecule has 88 valence electrons. The maximum Gasteiger partial charge on any atom is 0.165 e. The molecule has 1 aromatic rings. The van der Waals surface area contributed by atoms with E-state index < -0.39 is 0 Å². The van der Waals surface area contributed by atoms with Crippen LogP contribution in [0.1, 0.15) is 43.6 Å². The second kappa shape index (κ2) is 5.12. The molecule has 1 fully saturated rings. The molecule has 0 bridgehead atoms. The van der Waals surface area contributed by atoms with Crippen LogP contribution < -0.4 is 11.3 Å². The quantitative estimate of drug-likeness (QED) is 0.344. The lowest BCUT2D eigenvalue weighted by Gasteiger charge is -2.18. The first-order chi connectivity index (χ1) is 7.79. The van der Waals surface area contributed by atoms with Gasteiger partial charge in [-0.25, -0.2) is 5.84 Å². The Morgan fingerprint density at radius 1 is 1.50 bits per heavy atom. The number of aliphatic imine (C=N–C) groups is 1. The first kappa shape index (κ1) is 11.1. The highest BCUT2D eigenvalue weighted by atomic mass is 16.5. The third-order valence-corrected chi connectivity index (χ3v) is 2.89. The van der Waals surface area contributed by atoms with Crippen LogP contribution in [0.4, 0.5) is 0 Å². The van der Waals surface area contributed by atoms with Gasteiger partial charge >= 0.3 is 0 Å². The van der Waals surface area contributed by atoms with Gasteiger partial charge in [0.15, 0.2) is 5.84 Å². The molecule has 0 atom stereocenters. The fraction of sp³-hybridized carbons (Fsp3) is 0.636. The Kier molecular flexibility index (Phi) is 3.56. The van der Waals surface area contributed by atoms with E-state index in [-0.39, 0.29) is 0 Å². The van der Waals surface area contributed by atoms with E-state index in [1.54, 1.807) is 0 Å². The van der Waals surface area contributed by atoms with E-state index >= 15 is 0 Å². The van der Waals surface area contributed by atoms with Crippen molar-refractivity contribution in [2.45, 2.75) is 45.1 Å². The van der Waals surface area contributed by atoms with Crippen LogP contribution in [0.2, 0.25) is 0 Å². The molecule has 0 unspecified atom stereocenters. The third-order valence-electron chi connectivity index (χ3n) is 2.89. The number of hydrazine groups is 1. The second-order valence-electron chi connectivity index (χ2n) is 4.24. The topological polar surface area (TPSA) is 76.4 Å². The van der Waals surface area contributed by atoms with Gasteiger partial charge in [-0.3, -0.25) is 4.99 Å². The maximum absolute atomic E-state index is 5.47. The van der Waals surface area contributed by atoms with Crippen LogP contribution in [0.25, 0.3) is 0 Å². The largest absolute Gasteiger partial charge is 0.361 e. The molecule has 5 nitrogen and oxygen atoms in total. The number of amidine groups is 1. The van der Waals surface area contributed by atoms with E-state index in [0.717, 1.165) is 18.6 Å². The SMILES string of the molecule is Cc1cc(C(=NC2CCCCC2)NN)no1. The van der Waals surface area contributed by atoms with Crippen LogP contribution in [-0.4, -0.2) is 17.0 Å². The van der Waals surface area contributed by atoms with Gasteiger partial charge in [0.2, 0.25) is 0 Å². The van der Waals surface area contributed by atoms with E-state index in [2.05, 4.69) is 15.6 Å². The molecule has 5 heteroatoms.